The molecule has 48 valence electrons. The van der Waals surface area contributed by atoms with Gasteiger partial charge in [0.2, 0.25) is 0 Å². The molecule has 0 bridgehead atoms. The van der Waals surface area contributed by atoms with Gasteiger partial charge >= 0.3 is 0 Å². The van der Waals surface area contributed by atoms with Crippen LogP contribution in [0.3, 0.4) is 0 Å². The van der Waals surface area contributed by atoms with Crippen molar-refractivity contribution in [1.82, 2.24) is 4.98 Å². The zero-order chi connectivity index (χ0) is 6.85. The van der Waals surface area contributed by atoms with Crippen LogP contribution in [0.4, 0.5) is 0 Å². The number of halogens is 2. The summed E-state index contributed by atoms with van der Waals surface area (Å²) in [5.41, 5.74) is -0.0116. The molecule has 4 heteroatoms. The lowest BCUT2D eigenvalue weighted by Crippen LogP contribution is -2.09. The Balaban J connectivity index is 3.34. The highest BCUT2D eigenvalue weighted by Gasteiger charge is 1.91. The largest absolute Gasteiger partial charge is 0.316 e. The molecule has 1 heterocycles. The standard InChI is InChI=1S/C5H3I2NO/c6-3-1-2-4(7)8-5(3)9/h1-2H,(H,8,9). The molecule has 0 radical (unpaired) electrons. The molecule has 0 unspecified atom stereocenters. The fourth-order valence-corrected chi connectivity index (χ4v) is 1.17. The lowest BCUT2D eigenvalue weighted by atomic mass is 10.5. The summed E-state index contributed by atoms with van der Waals surface area (Å²) in [6.45, 7) is 0. The third-order valence-electron chi connectivity index (χ3n) is 0.826. The van der Waals surface area contributed by atoms with E-state index in [1.165, 1.54) is 0 Å². The molecule has 2 nitrogen and oxygen atoms in total. The number of hydrogen-bond acceptors (Lipinski definition) is 1. The van der Waals surface area contributed by atoms with Crippen molar-refractivity contribution in [3.8, 4) is 0 Å². The van der Waals surface area contributed by atoms with Crippen molar-refractivity contribution < 1.29 is 0 Å². The Morgan fingerprint density at radius 2 is 2.00 bits per heavy atom. The Labute approximate surface area is 79.3 Å². The van der Waals surface area contributed by atoms with Gasteiger partial charge in [0, 0.05) is 0 Å². The summed E-state index contributed by atoms with van der Waals surface area (Å²) in [4.78, 5) is 13.4. The Morgan fingerprint density at radius 3 is 2.44 bits per heavy atom. The Bertz CT molecular complexity index is 268. The van der Waals surface area contributed by atoms with E-state index in [0.717, 1.165) is 7.27 Å². The molecule has 0 amide bonds. The first-order valence-electron chi connectivity index (χ1n) is 2.24. The highest BCUT2D eigenvalue weighted by Crippen LogP contribution is 1.99. The van der Waals surface area contributed by atoms with Gasteiger partial charge in [-0.05, 0) is 57.3 Å². The van der Waals surface area contributed by atoms with Crippen molar-refractivity contribution in [3.63, 3.8) is 0 Å². The number of aromatic amines is 1. The van der Waals surface area contributed by atoms with Crippen LogP contribution in [0.25, 0.3) is 0 Å². The van der Waals surface area contributed by atoms with Crippen LogP contribution in [-0.2, 0) is 0 Å². The van der Waals surface area contributed by atoms with E-state index in [1.807, 2.05) is 28.7 Å². The maximum atomic E-state index is 10.8. The van der Waals surface area contributed by atoms with Crippen LogP contribution in [0.1, 0.15) is 0 Å². The molecule has 0 fully saturated rings. The molecule has 0 aliphatic heterocycles. The van der Waals surface area contributed by atoms with E-state index >= 15 is 0 Å². The average Bonchev–Trinajstić information content (AvgIpc) is 1.80. The number of aromatic nitrogens is 1. The SMILES string of the molecule is O=c1[nH]c(I)ccc1I. The van der Waals surface area contributed by atoms with Crippen LogP contribution in [0.15, 0.2) is 16.9 Å². The molecule has 0 aromatic carbocycles. The maximum Gasteiger partial charge on any atom is 0.262 e. The highest BCUT2D eigenvalue weighted by atomic mass is 127. The molecule has 1 aromatic heterocycles. The molecule has 0 atom stereocenters. The van der Waals surface area contributed by atoms with E-state index in [0.29, 0.717) is 0 Å². The van der Waals surface area contributed by atoms with Crippen molar-refractivity contribution in [2.75, 3.05) is 0 Å². The van der Waals surface area contributed by atoms with Crippen LogP contribution >= 0.6 is 45.2 Å². The second-order valence-corrected chi connectivity index (χ2v) is 3.81. The second kappa shape index (κ2) is 3.00. The summed E-state index contributed by atoms with van der Waals surface area (Å²) in [5.74, 6) is 0. The Hall–Kier alpha value is 0.410. The molecule has 9 heavy (non-hydrogen) atoms. The molecular formula is C5H3I2NO. The zero-order valence-corrected chi connectivity index (χ0v) is 8.63. The van der Waals surface area contributed by atoms with Crippen LogP contribution in [0.2, 0.25) is 0 Å². The molecule has 1 aromatic rings. The van der Waals surface area contributed by atoms with Crippen molar-refractivity contribution in [3.05, 3.63) is 29.8 Å². The van der Waals surface area contributed by atoms with Gasteiger partial charge in [-0.1, -0.05) is 0 Å². The first-order valence-corrected chi connectivity index (χ1v) is 4.40. The van der Waals surface area contributed by atoms with Gasteiger partial charge in [0.15, 0.2) is 0 Å². The van der Waals surface area contributed by atoms with Crippen LogP contribution < -0.4 is 5.56 Å². The second-order valence-electron chi connectivity index (χ2n) is 1.48. The lowest BCUT2D eigenvalue weighted by Gasteiger charge is -1.88. The normalized spacial score (nSPS) is 9.56. The van der Waals surface area contributed by atoms with Gasteiger partial charge in [-0.25, -0.2) is 0 Å². The van der Waals surface area contributed by atoms with Gasteiger partial charge in [-0.2, -0.15) is 0 Å². The third-order valence-corrected chi connectivity index (χ3v) is 2.30. The predicted molar refractivity (Wildman–Crippen MR) is 52.5 cm³/mol. The fourth-order valence-electron chi connectivity index (χ4n) is 0.432. The number of hydrogen-bond donors (Lipinski definition) is 1. The number of pyridine rings is 1. The lowest BCUT2D eigenvalue weighted by molar-refractivity contribution is 1.17. The van der Waals surface area contributed by atoms with Crippen LogP contribution in [-0.4, -0.2) is 4.98 Å². The van der Waals surface area contributed by atoms with Gasteiger partial charge in [0.1, 0.15) is 0 Å². The van der Waals surface area contributed by atoms with Gasteiger partial charge in [-0.15, -0.1) is 0 Å². The molecule has 0 saturated carbocycles. The Morgan fingerprint density at radius 1 is 1.33 bits per heavy atom. The number of rotatable bonds is 0. The first kappa shape index (κ1) is 7.52. The minimum atomic E-state index is -0.0116. The van der Waals surface area contributed by atoms with Gasteiger partial charge in [-0.3, -0.25) is 4.79 Å². The van der Waals surface area contributed by atoms with Crippen molar-refractivity contribution >= 4 is 45.2 Å². The topological polar surface area (TPSA) is 32.9 Å². The summed E-state index contributed by atoms with van der Waals surface area (Å²) in [6.07, 6.45) is 0. The smallest absolute Gasteiger partial charge is 0.262 e. The molecule has 0 spiro atoms. The van der Waals surface area contributed by atoms with Crippen molar-refractivity contribution in [1.29, 1.82) is 0 Å². The molecule has 1 N–H and O–H groups in total. The van der Waals surface area contributed by atoms with Crippen molar-refractivity contribution in [2.45, 2.75) is 0 Å². The number of H-pyrrole nitrogens is 1. The average molecular weight is 347 g/mol. The zero-order valence-electron chi connectivity index (χ0n) is 4.32. The van der Waals surface area contributed by atoms with Crippen molar-refractivity contribution in [2.24, 2.45) is 0 Å². The van der Waals surface area contributed by atoms with Crippen LogP contribution in [0, 0.1) is 7.27 Å². The fraction of sp³-hybridized carbons (Fsp3) is 0. The minimum Gasteiger partial charge on any atom is -0.316 e. The maximum absolute atomic E-state index is 10.8. The van der Waals surface area contributed by atoms with E-state index in [-0.39, 0.29) is 5.56 Å². The molecule has 0 aliphatic carbocycles. The first-order chi connectivity index (χ1) is 4.20. The summed E-state index contributed by atoms with van der Waals surface area (Å²) < 4.78 is 1.60. The Kier molecular flexibility index (Phi) is 2.50. The molecule has 0 aliphatic rings. The summed E-state index contributed by atoms with van der Waals surface area (Å²) in [5, 5.41) is 0. The summed E-state index contributed by atoms with van der Waals surface area (Å²) in [6, 6.07) is 3.66. The van der Waals surface area contributed by atoms with E-state index in [4.69, 9.17) is 0 Å². The van der Waals surface area contributed by atoms with Gasteiger partial charge in [0.25, 0.3) is 5.56 Å². The van der Waals surface area contributed by atoms with Gasteiger partial charge < -0.3 is 4.98 Å². The van der Waals surface area contributed by atoms with E-state index in [1.54, 1.807) is 6.07 Å². The van der Waals surface area contributed by atoms with Gasteiger partial charge in [0.05, 0.1) is 7.27 Å². The molecular weight excluding hydrogens is 344 g/mol. The predicted octanol–water partition coefficient (Wildman–Crippen LogP) is 1.58. The minimum absolute atomic E-state index is 0.0116. The quantitative estimate of drug-likeness (QED) is 0.561. The van der Waals surface area contributed by atoms with E-state index in [9.17, 15) is 4.79 Å². The monoisotopic (exact) mass is 347 g/mol. The number of nitrogens with one attached hydrogen (secondary N) is 1. The summed E-state index contributed by atoms with van der Waals surface area (Å²) >= 11 is 4.06. The third kappa shape index (κ3) is 1.92. The molecule has 0 saturated heterocycles. The van der Waals surface area contributed by atoms with E-state index in [2.05, 4.69) is 27.6 Å². The molecule has 1 rings (SSSR count). The van der Waals surface area contributed by atoms with E-state index < -0.39 is 0 Å². The van der Waals surface area contributed by atoms with Crippen LogP contribution in [0.5, 0.6) is 0 Å². The highest BCUT2D eigenvalue weighted by molar-refractivity contribution is 14.1. The summed E-state index contributed by atoms with van der Waals surface area (Å²) in [7, 11) is 0.